The normalized spacial score (nSPS) is 28.5. The first kappa shape index (κ1) is 20.2. The Balaban J connectivity index is 1.54. The molecule has 4 amide bonds. The number of benzene rings is 1. The molecule has 0 unspecified atom stereocenters. The molecule has 3 fully saturated rings. The third kappa shape index (κ3) is 3.61. The second-order valence-corrected chi connectivity index (χ2v) is 10.7. The molecular weight excluding hydrogens is 418 g/mol. The topological polar surface area (TPSA) is 104 Å². The van der Waals surface area contributed by atoms with E-state index in [0.717, 1.165) is 17.7 Å². The molecule has 4 rings (SSSR count). The number of nitrogens with one attached hydrogen (secondary N) is 1. The Kier molecular flexibility index (Phi) is 4.85. The van der Waals surface area contributed by atoms with Gasteiger partial charge in [0.2, 0.25) is 5.91 Å². The van der Waals surface area contributed by atoms with E-state index in [0.29, 0.717) is 17.0 Å². The predicted molar refractivity (Wildman–Crippen MR) is 106 cm³/mol. The highest BCUT2D eigenvalue weighted by atomic mass is 35.5. The van der Waals surface area contributed by atoms with Crippen molar-refractivity contribution >= 4 is 39.3 Å². The number of nitrogens with zero attached hydrogens (tertiary/aromatic N) is 2. The van der Waals surface area contributed by atoms with E-state index in [2.05, 4.69) is 5.32 Å². The maximum absolute atomic E-state index is 13.1. The first-order valence-electron chi connectivity index (χ1n) is 9.53. The number of carbonyl (C=O) groups is 3. The van der Waals surface area contributed by atoms with Gasteiger partial charge in [0.1, 0.15) is 12.1 Å². The highest BCUT2D eigenvalue weighted by Gasteiger charge is 2.51. The van der Waals surface area contributed by atoms with Crippen molar-refractivity contribution in [2.24, 2.45) is 0 Å². The predicted octanol–water partition coefficient (Wildman–Crippen LogP) is 1.29. The van der Waals surface area contributed by atoms with Crippen LogP contribution in [0.25, 0.3) is 0 Å². The second-order valence-electron chi connectivity index (χ2n) is 8.02. The van der Waals surface area contributed by atoms with Crippen LogP contribution in [-0.4, -0.2) is 66.2 Å². The number of imide groups is 1. The molecule has 3 aliphatic rings. The standard InChI is InChI=1S/C19H22ClN3O5S/c1-19(14-4-2-3-5-15(14)20)17(25)22(18(26)21-19)10-16(24)23(12-6-7-12)13-8-9-29(27,28)11-13/h2-5,12-13H,6-11H2,1H3,(H,21,26)/t13-,19+/m0/s1. The van der Waals surface area contributed by atoms with E-state index >= 15 is 0 Å². The minimum Gasteiger partial charge on any atom is -0.334 e. The van der Waals surface area contributed by atoms with Crippen LogP contribution in [0, 0.1) is 0 Å². The summed E-state index contributed by atoms with van der Waals surface area (Å²) in [5.41, 5.74) is -0.910. The molecule has 2 atom stereocenters. The monoisotopic (exact) mass is 439 g/mol. The van der Waals surface area contributed by atoms with Crippen LogP contribution < -0.4 is 5.32 Å². The highest BCUT2D eigenvalue weighted by molar-refractivity contribution is 7.91. The van der Waals surface area contributed by atoms with Gasteiger partial charge in [-0.05, 0) is 32.3 Å². The lowest BCUT2D eigenvalue weighted by molar-refractivity contribution is -0.140. The van der Waals surface area contributed by atoms with Gasteiger partial charge < -0.3 is 10.2 Å². The zero-order valence-corrected chi connectivity index (χ0v) is 17.5. The van der Waals surface area contributed by atoms with E-state index in [1.165, 1.54) is 0 Å². The molecule has 0 aromatic heterocycles. The molecule has 1 aromatic carbocycles. The summed E-state index contributed by atoms with van der Waals surface area (Å²) in [5.74, 6) is -0.963. The summed E-state index contributed by atoms with van der Waals surface area (Å²) in [7, 11) is -3.16. The molecule has 156 valence electrons. The van der Waals surface area contributed by atoms with Crippen molar-refractivity contribution in [3.63, 3.8) is 0 Å². The maximum atomic E-state index is 13.1. The van der Waals surface area contributed by atoms with Gasteiger partial charge in [-0.1, -0.05) is 29.8 Å². The van der Waals surface area contributed by atoms with Gasteiger partial charge >= 0.3 is 6.03 Å². The Morgan fingerprint density at radius 1 is 1.24 bits per heavy atom. The SMILES string of the molecule is C[C@]1(c2ccccc2Cl)NC(=O)N(CC(=O)N(C2CC2)[C@H]2CCS(=O)(=O)C2)C1=O. The lowest BCUT2D eigenvalue weighted by Crippen LogP contribution is -2.49. The van der Waals surface area contributed by atoms with Crippen LogP contribution in [0.3, 0.4) is 0 Å². The van der Waals surface area contributed by atoms with Gasteiger partial charge in [-0.3, -0.25) is 14.5 Å². The van der Waals surface area contributed by atoms with Crippen LogP contribution in [0.1, 0.15) is 31.7 Å². The smallest absolute Gasteiger partial charge is 0.325 e. The van der Waals surface area contributed by atoms with Gasteiger partial charge in [0, 0.05) is 22.7 Å². The third-order valence-electron chi connectivity index (χ3n) is 5.81. The summed E-state index contributed by atoms with van der Waals surface area (Å²) in [4.78, 5) is 41.1. The Labute approximate surface area is 174 Å². The fourth-order valence-corrected chi connectivity index (χ4v) is 6.20. The van der Waals surface area contributed by atoms with Crippen LogP contribution in [0.2, 0.25) is 5.02 Å². The van der Waals surface area contributed by atoms with Crippen molar-refractivity contribution < 1.29 is 22.8 Å². The highest BCUT2D eigenvalue weighted by Crippen LogP contribution is 2.35. The zero-order valence-electron chi connectivity index (χ0n) is 15.9. The summed E-state index contributed by atoms with van der Waals surface area (Å²) >= 11 is 6.22. The lowest BCUT2D eigenvalue weighted by atomic mass is 9.92. The molecule has 0 radical (unpaired) electrons. The molecule has 2 aliphatic heterocycles. The number of hydrogen-bond acceptors (Lipinski definition) is 5. The second kappa shape index (κ2) is 6.98. The summed E-state index contributed by atoms with van der Waals surface area (Å²) in [6.45, 7) is 1.14. The number of rotatable bonds is 5. The molecule has 1 aromatic rings. The molecule has 2 heterocycles. The molecule has 10 heteroatoms. The third-order valence-corrected chi connectivity index (χ3v) is 7.89. The van der Waals surface area contributed by atoms with Crippen LogP contribution in [0.15, 0.2) is 24.3 Å². The molecule has 1 aliphatic carbocycles. The average molecular weight is 440 g/mol. The quantitative estimate of drug-likeness (QED) is 0.696. The van der Waals surface area contributed by atoms with Crippen LogP contribution in [0.4, 0.5) is 4.79 Å². The zero-order chi connectivity index (χ0) is 21.0. The Hall–Kier alpha value is -2.13. The average Bonchev–Trinajstić information content (AvgIpc) is 3.37. The summed E-state index contributed by atoms with van der Waals surface area (Å²) in [6, 6.07) is 5.65. The Morgan fingerprint density at radius 2 is 1.93 bits per heavy atom. The molecule has 0 spiro atoms. The van der Waals surface area contributed by atoms with Gasteiger partial charge in [0.15, 0.2) is 9.84 Å². The number of carbonyl (C=O) groups excluding carboxylic acids is 3. The van der Waals surface area contributed by atoms with Crippen molar-refractivity contribution in [3.05, 3.63) is 34.9 Å². The molecule has 29 heavy (non-hydrogen) atoms. The number of sulfone groups is 1. The fraction of sp³-hybridized carbons (Fsp3) is 0.526. The van der Waals surface area contributed by atoms with E-state index in [9.17, 15) is 22.8 Å². The van der Waals surface area contributed by atoms with Crippen LogP contribution in [0.5, 0.6) is 0 Å². The maximum Gasteiger partial charge on any atom is 0.325 e. The molecular formula is C19H22ClN3O5S. The number of halogens is 1. The van der Waals surface area contributed by atoms with Gasteiger partial charge in [-0.25, -0.2) is 13.2 Å². The van der Waals surface area contributed by atoms with Gasteiger partial charge in [-0.15, -0.1) is 0 Å². The first-order chi connectivity index (χ1) is 13.6. The largest absolute Gasteiger partial charge is 0.334 e. The number of amides is 4. The van der Waals surface area contributed by atoms with Crippen molar-refractivity contribution in [3.8, 4) is 0 Å². The van der Waals surface area contributed by atoms with Crippen molar-refractivity contribution in [2.75, 3.05) is 18.1 Å². The Morgan fingerprint density at radius 3 is 2.52 bits per heavy atom. The van der Waals surface area contributed by atoms with Crippen LogP contribution >= 0.6 is 11.6 Å². The number of urea groups is 1. The van der Waals surface area contributed by atoms with Crippen molar-refractivity contribution in [2.45, 2.75) is 43.8 Å². The summed E-state index contributed by atoms with van der Waals surface area (Å²) < 4.78 is 23.7. The minimum atomic E-state index is -3.16. The molecule has 1 N–H and O–H groups in total. The fourth-order valence-electron chi connectivity index (χ4n) is 4.16. The summed E-state index contributed by atoms with van der Waals surface area (Å²) in [5, 5.41) is 2.99. The van der Waals surface area contributed by atoms with E-state index in [-0.39, 0.29) is 17.5 Å². The van der Waals surface area contributed by atoms with E-state index in [4.69, 9.17) is 11.6 Å². The van der Waals surface area contributed by atoms with E-state index in [1.807, 2.05) is 0 Å². The van der Waals surface area contributed by atoms with E-state index < -0.39 is 45.8 Å². The molecule has 2 saturated heterocycles. The molecule has 0 bridgehead atoms. The van der Waals surface area contributed by atoms with Crippen LogP contribution in [-0.2, 0) is 25.0 Å². The van der Waals surface area contributed by atoms with E-state index in [1.54, 1.807) is 36.1 Å². The van der Waals surface area contributed by atoms with Gasteiger partial charge in [-0.2, -0.15) is 0 Å². The first-order valence-corrected chi connectivity index (χ1v) is 11.7. The van der Waals surface area contributed by atoms with Gasteiger partial charge in [0.05, 0.1) is 11.5 Å². The van der Waals surface area contributed by atoms with Crippen molar-refractivity contribution in [1.29, 1.82) is 0 Å². The lowest BCUT2D eigenvalue weighted by Gasteiger charge is -2.30. The molecule has 1 saturated carbocycles. The van der Waals surface area contributed by atoms with Crippen molar-refractivity contribution in [1.82, 2.24) is 15.1 Å². The minimum absolute atomic E-state index is 0.0171. The number of hydrogen-bond donors (Lipinski definition) is 1. The molecule has 8 nitrogen and oxygen atoms in total. The Bertz CT molecular complexity index is 993. The van der Waals surface area contributed by atoms with Gasteiger partial charge in [0.25, 0.3) is 5.91 Å². The summed E-state index contributed by atoms with van der Waals surface area (Å²) in [6.07, 6.45) is 2.00.